The van der Waals surface area contributed by atoms with Crippen LogP contribution in [-0.4, -0.2) is 16.6 Å². The van der Waals surface area contributed by atoms with Crippen molar-refractivity contribution in [2.24, 2.45) is 0 Å². The van der Waals surface area contributed by atoms with Crippen LogP contribution in [0.15, 0.2) is 60.9 Å². The van der Waals surface area contributed by atoms with Crippen LogP contribution in [0.25, 0.3) is 22.2 Å². The Morgan fingerprint density at radius 1 is 0.933 bits per heavy atom. The average Bonchev–Trinajstić information content (AvgIpc) is 2.76. The van der Waals surface area contributed by atoms with E-state index in [0.29, 0.717) is 42.0 Å². The van der Waals surface area contributed by atoms with Crippen molar-refractivity contribution in [1.29, 1.82) is 0 Å². The topological polar surface area (TPSA) is 35.0 Å². The van der Waals surface area contributed by atoms with Gasteiger partial charge in [-0.25, -0.2) is 18.7 Å². The maximum absolute atomic E-state index is 15.0. The van der Waals surface area contributed by atoms with Crippen molar-refractivity contribution < 1.29 is 13.5 Å². The molecule has 0 spiro atoms. The molecule has 4 aromatic rings. The summed E-state index contributed by atoms with van der Waals surface area (Å²) in [5.41, 5.74) is 2.16. The van der Waals surface area contributed by atoms with Gasteiger partial charge >= 0.3 is 0 Å². The first-order valence-electron chi connectivity index (χ1n) is 9.65. The van der Waals surface area contributed by atoms with Gasteiger partial charge in [-0.15, -0.1) is 0 Å². The Balaban J connectivity index is 1.56. The van der Waals surface area contributed by atoms with Crippen LogP contribution in [0.3, 0.4) is 0 Å². The van der Waals surface area contributed by atoms with Crippen molar-refractivity contribution in [3.05, 3.63) is 88.7 Å². The van der Waals surface area contributed by atoms with E-state index >= 15 is 4.39 Å². The van der Waals surface area contributed by atoms with Crippen LogP contribution < -0.4 is 4.74 Å². The summed E-state index contributed by atoms with van der Waals surface area (Å²) in [5, 5.41) is 1.39. The van der Waals surface area contributed by atoms with E-state index in [2.05, 4.69) is 9.97 Å². The van der Waals surface area contributed by atoms with E-state index in [-0.39, 0.29) is 10.8 Å². The van der Waals surface area contributed by atoms with Crippen LogP contribution in [0.5, 0.6) is 5.75 Å². The fourth-order valence-electron chi connectivity index (χ4n) is 3.35. The summed E-state index contributed by atoms with van der Waals surface area (Å²) in [7, 11) is 0. The summed E-state index contributed by atoms with van der Waals surface area (Å²) in [6.45, 7) is 2.45. The van der Waals surface area contributed by atoms with Crippen molar-refractivity contribution in [3.8, 4) is 17.1 Å². The lowest BCUT2D eigenvalue weighted by Crippen LogP contribution is -1.97. The molecule has 0 atom stereocenters. The van der Waals surface area contributed by atoms with Crippen molar-refractivity contribution in [2.75, 3.05) is 6.61 Å². The Bertz CT molecular complexity index is 1200. The molecule has 3 aromatic carbocycles. The number of nitrogens with zero attached hydrogens (tertiary/aromatic N) is 2. The quantitative estimate of drug-likeness (QED) is 0.358. The summed E-state index contributed by atoms with van der Waals surface area (Å²) in [6.07, 6.45) is 4.24. The number of halogens is 3. The Morgan fingerprint density at radius 2 is 1.73 bits per heavy atom. The Hall–Kier alpha value is -3.05. The predicted molar refractivity (Wildman–Crippen MR) is 115 cm³/mol. The lowest BCUT2D eigenvalue weighted by molar-refractivity contribution is 0.337. The third-order valence-electron chi connectivity index (χ3n) is 4.90. The molecule has 1 aromatic heterocycles. The minimum atomic E-state index is -0.461. The van der Waals surface area contributed by atoms with Crippen LogP contribution in [-0.2, 0) is 12.8 Å². The molecular weight excluding hydrogens is 406 g/mol. The number of aromatic nitrogens is 2. The molecule has 1 heterocycles. The molecule has 4 rings (SSSR count). The maximum Gasteiger partial charge on any atom is 0.159 e. The minimum absolute atomic E-state index is 0.0861. The highest BCUT2D eigenvalue weighted by Crippen LogP contribution is 2.27. The Morgan fingerprint density at radius 3 is 2.47 bits per heavy atom. The van der Waals surface area contributed by atoms with E-state index in [1.54, 1.807) is 36.7 Å². The Labute approximate surface area is 178 Å². The maximum atomic E-state index is 15.0. The second-order valence-electron chi connectivity index (χ2n) is 6.90. The SMILES string of the molecule is CCOc1cnc(-c2ccc3c(F)c(CCc4ccc(Cl)c(F)c4)ccc3c2)nc1. The van der Waals surface area contributed by atoms with E-state index in [1.165, 1.54) is 12.1 Å². The number of rotatable bonds is 6. The molecule has 0 aliphatic heterocycles. The molecule has 6 heteroatoms. The number of fused-ring (bicyclic) bond motifs is 1. The molecule has 0 amide bonds. The predicted octanol–water partition coefficient (Wildman–Crippen LogP) is 6.41. The van der Waals surface area contributed by atoms with Gasteiger partial charge in [0.05, 0.1) is 24.0 Å². The van der Waals surface area contributed by atoms with Gasteiger partial charge < -0.3 is 4.74 Å². The zero-order valence-electron chi connectivity index (χ0n) is 16.3. The van der Waals surface area contributed by atoms with Gasteiger partial charge in [0.1, 0.15) is 11.6 Å². The van der Waals surface area contributed by atoms with Crippen LogP contribution in [0.1, 0.15) is 18.1 Å². The molecule has 152 valence electrons. The standard InChI is InChI=1S/C24H19ClF2N2O/c1-2-30-19-13-28-24(29-14-19)18-8-9-20-17(12-18)7-6-16(23(20)27)5-3-15-4-10-21(25)22(26)11-15/h4,6-14H,2-3,5H2,1H3. The Kier molecular flexibility index (Phi) is 5.91. The van der Waals surface area contributed by atoms with Crippen molar-refractivity contribution >= 4 is 22.4 Å². The van der Waals surface area contributed by atoms with Gasteiger partial charge in [0.2, 0.25) is 0 Å². The fraction of sp³-hybridized carbons (Fsp3) is 0.167. The van der Waals surface area contributed by atoms with Crippen LogP contribution in [0, 0.1) is 11.6 Å². The molecular formula is C24H19ClF2N2O. The largest absolute Gasteiger partial charge is 0.491 e. The highest BCUT2D eigenvalue weighted by atomic mass is 35.5. The summed E-state index contributed by atoms with van der Waals surface area (Å²) < 4.78 is 34.0. The van der Waals surface area contributed by atoms with E-state index < -0.39 is 5.82 Å². The highest BCUT2D eigenvalue weighted by molar-refractivity contribution is 6.30. The first-order chi connectivity index (χ1) is 14.5. The number of hydrogen-bond donors (Lipinski definition) is 0. The van der Waals surface area contributed by atoms with Crippen LogP contribution >= 0.6 is 11.6 Å². The monoisotopic (exact) mass is 424 g/mol. The minimum Gasteiger partial charge on any atom is -0.491 e. The first kappa shape index (κ1) is 20.2. The van der Waals surface area contributed by atoms with E-state index in [9.17, 15) is 4.39 Å². The number of aryl methyl sites for hydroxylation is 2. The van der Waals surface area contributed by atoms with Gasteiger partial charge in [0.25, 0.3) is 0 Å². The van der Waals surface area contributed by atoms with Gasteiger partial charge in [-0.2, -0.15) is 0 Å². The molecule has 0 N–H and O–H groups in total. The molecule has 3 nitrogen and oxygen atoms in total. The third kappa shape index (κ3) is 4.26. The van der Waals surface area contributed by atoms with Crippen molar-refractivity contribution in [1.82, 2.24) is 9.97 Å². The fourth-order valence-corrected chi connectivity index (χ4v) is 3.47. The van der Waals surface area contributed by atoms with Crippen molar-refractivity contribution in [3.63, 3.8) is 0 Å². The van der Waals surface area contributed by atoms with Crippen LogP contribution in [0.4, 0.5) is 8.78 Å². The third-order valence-corrected chi connectivity index (χ3v) is 5.20. The summed E-state index contributed by atoms with van der Waals surface area (Å²) in [6, 6.07) is 13.7. The number of benzene rings is 3. The smallest absolute Gasteiger partial charge is 0.159 e. The molecule has 0 saturated carbocycles. The molecule has 0 radical (unpaired) electrons. The molecule has 0 saturated heterocycles. The summed E-state index contributed by atoms with van der Waals surface area (Å²) in [5.74, 6) is 0.436. The van der Waals surface area contributed by atoms with Crippen LogP contribution in [0.2, 0.25) is 5.02 Å². The highest BCUT2D eigenvalue weighted by Gasteiger charge is 2.11. The molecule has 0 bridgehead atoms. The number of hydrogen-bond acceptors (Lipinski definition) is 3. The second kappa shape index (κ2) is 8.76. The molecule has 0 aliphatic carbocycles. The van der Waals surface area contributed by atoms with E-state index in [4.69, 9.17) is 16.3 Å². The lowest BCUT2D eigenvalue weighted by atomic mass is 9.99. The van der Waals surface area contributed by atoms with E-state index in [0.717, 1.165) is 16.5 Å². The van der Waals surface area contributed by atoms with Gasteiger partial charge in [-0.05, 0) is 54.5 Å². The zero-order valence-corrected chi connectivity index (χ0v) is 17.1. The lowest BCUT2D eigenvalue weighted by Gasteiger charge is -2.09. The average molecular weight is 425 g/mol. The molecule has 0 fully saturated rings. The van der Waals surface area contributed by atoms with Gasteiger partial charge in [0.15, 0.2) is 11.6 Å². The molecule has 0 unspecified atom stereocenters. The molecule has 30 heavy (non-hydrogen) atoms. The van der Waals surface area contributed by atoms with Gasteiger partial charge in [-0.3, -0.25) is 0 Å². The summed E-state index contributed by atoms with van der Waals surface area (Å²) in [4.78, 5) is 8.64. The molecule has 0 aliphatic rings. The van der Waals surface area contributed by atoms with Crippen molar-refractivity contribution in [2.45, 2.75) is 19.8 Å². The van der Waals surface area contributed by atoms with Gasteiger partial charge in [-0.1, -0.05) is 41.9 Å². The first-order valence-corrected chi connectivity index (χ1v) is 10.0. The second-order valence-corrected chi connectivity index (χ2v) is 7.31. The number of ether oxygens (including phenoxy) is 1. The zero-order chi connectivity index (χ0) is 21.1. The van der Waals surface area contributed by atoms with E-state index in [1.807, 2.05) is 19.1 Å². The normalized spacial score (nSPS) is 11.1. The van der Waals surface area contributed by atoms with Gasteiger partial charge in [0, 0.05) is 10.9 Å². The summed E-state index contributed by atoms with van der Waals surface area (Å²) >= 11 is 5.72.